The summed E-state index contributed by atoms with van der Waals surface area (Å²) in [6.45, 7) is 3.33. The second kappa shape index (κ2) is 5.10. The summed E-state index contributed by atoms with van der Waals surface area (Å²) in [6, 6.07) is 3.39. The number of nitrogens with one attached hydrogen (secondary N) is 2. The van der Waals surface area contributed by atoms with Crippen LogP contribution in [0, 0.1) is 12.7 Å². The highest BCUT2D eigenvalue weighted by Crippen LogP contribution is 2.18. The first kappa shape index (κ1) is 13.7. The number of benzene rings is 1. The van der Waals surface area contributed by atoms with Gasteiger partial charge in [-0.2, -0.15) is 0 Å². The molecule has 5 nitrogen and oxygen atoms in total. The Labute approximate surface area is 110 Å². The molecular formula is C12H14FN3O2S. The number of aryl methyl sites for hydroxylation is 1. The molecule has 7 heteroatoms. The fourth-order valence-corrected chi connectivity index (χ4v) is 3.05. The van der Waals surface area contributed by atoms with Crippen molar-refractivity contribution in [2.75, 3.05) is 0 Å². The van der Waals surface area contributed by atoms with Crippen molar-refractivity contribution in [3.63, 3.8) is 0 Å². The first-order chi connectivity index (χ1) is 8.90. The Kier molecular flexibility index (Phi) is 3.68. The van der Waals surface area contributed by atoms with Gasteiger partial charge in [-0.3, -0.25) is 0 Å². The molecule has 2 aromatic rings. The fourth-order valence-electron chi connectivity index (χ4n) is 1.68. The van der Waals surface area contributed by atoms with E-state index in [4.69, 9.17) is 0 Å². The van der Waals surface area contributed by atoms with Crippen LogP contribution < -0.4 is 4.72 Å². The summed E-state index contributed by atoms with van der Waals surface area (Å²) in [5.74, 6) is -0.304. The molecule has 1 unspecified atom stereocenters. The number of halogens is 1. The lowest BCUT2D eigenvalue weighted by Crippen LogP contribution is -2.28. The van der Waals surface area contributed by atoms with E-state index in [9.17, 15) is 12.8 Å². The van der Waals surface area contributed by atoms with Gasteiger partial charge in [0.05, 0.1) is 6.04 Å². The van der Waals surface area contributed by atoms with Gasteiger partial charge in [-0.15, -0.1) is 0 Å². The standard InChI is InChI=1S/C12H14FN3O2S/c1-8-3-4-10(13)11(7-8)19(17,18)16-9(2)12-14-5-6-15-12/h3-7,9,16H,1-2H3,(H,14,15). The lowest BCUT2D eigenvalue weighted by atomic mass is 10.2. The lowest BCUT2D eigenvalue weighted by Gasteiger charge is -2.13. The first-order valence-electron chi connectivity index (χ1n) is 5.68. The molecule has 0 fully saturated rings. The van der Waals surface area contributed by atoms with E-state index in [1.807, 2.05) is 0 Å². The van der Waals surface area contributed by atoms with Crippen molar-refractivity contribution in [1.82, 2.24) is 14.7 Å². The zero-order chi connectivity index (χ0) is 14.0. The molecule has 2 rings (SSSR count). The molecule has 0 aliphatic rings. The second-order valence-electron chi connectivity index (χ2n) is 4.25. The first-order valence-corrected chi connectivity index (χ1v) is 7.16. The molecule has 0 aliphatic carbocycles. The molecular weight excluding hydrogens is 269 g/mol. The van der Waals surface area contributed by atoms with E-state index in [0.717, 1.165) is 6.07 Å². The van der Waals surface area contributed by atoms with E-state index in [1.54, 1.807) is 20.0 Å². The highest BCUT2D eigenvalue weighted by molar-refractivity contribution is 7.89. The molecule has 1 aromatic heterocycles. The molecule has 0 amide bonds. The van der Waals surface area contributed by atoms with Crippen molar-refractivity contribution < 1.29 is 12.8 Å². The van der Waals surface area contributed by atoms with Gasteiger partial charge in [-0.1, -0.05) is 6.07 Å². The van der Waals surface area contributed by atoms with Crippen LogP contribution in [-0.4, -0.2) is 18.4 Å². The number of aromatic nitrogens is 2. The van der Waals surface area contributed by atoms with Gasteiger partial charge in [0.2, 0.25) is 10.0 Å². The van der Waals surface area contributed by atoms with E-state index in [-0.39, 0.29) is 4.90 Å². The Bertz CT molecular complexity index is 668. The average Bonchev–Trinajstić information content (AvgIpc) is 2.85. The number of rotatable bonds is 4. The number of hydrogen-bond acceptors (Lipinski definition) is 3. The lowest BCUT2D eigenvalue weighted by molar-refractivity contribution is 0.542. The van der Waals surface area contributed by atoms with Crippen LogP contribution in [0.25, 0.3) is 0 Å². The highest BCUT2D eigenvalue weighted by atomic mass is 32.2. The molecule has 0 spiro atoms. The summed E-state index contributed by atoms with van der Waals surface area (Å²) in [4.78, 5) is 6.41. The molecule has 2 N–H and O–H groups in total. The zero-order valence-electron chi connectivity index (χ0n) is 10.5. The number of nitrogens with zero attached hydrogens (tertiary/aromatic N) is 1. The predicted molar refractivity (Wildman–Crippen MR) is 68.5 cm³/mol. The van der Waals surface area contributed by atoms with Crippen LogP contribution in [0.4, 0.5) is 4.39 Å². The summed E-state index contributed by atoms with van der Waals surface area (Å²) >= 11 is 0. The van der Waals surface area contributed by atoms with Gasteiger partial charge in [0.15, 0.2) is 0 Å². The molecule has 0 saturated carbocycles. The minimum absolute atomic E-state index is 0.356. The van der Waals surface area contributed by atoms with Crippen molar-refractivity contribution in [3.8, 4) is 0 Å². The van der Waals surface area contributed by atoms with Gasteiger partial charge >= 0.3 is 0 Å². The van der Waals surface area contributed by atoms with Gasteiger partial charge in [-0.05, 0) is 31.5 Å². The molecule has 1 aromatic carbocycles. The molecule has 0 saturated heterocycles. The summed E-state index contributed by atoms with van der Waals surface area (Å²) in [7, 11) is -3.92. The SMILES string of the molecule is Cc1ccc(F)c(S(=O)(=O)NC(C)c2ncc[nH]2)c1. The van der Waals surface area contributed by atoms with Crippen molar-refractivity contribution in [2.45, 2.75) is 24.8 Å². The summed E-state index contributed by atoms with van der Waals surface area (Å²) in [5, 5.41) is 0. The van der Waals surface area contributed by atoms with Crippen LogP contribution in [0.1, 0.15) is 24.4 Å². The third-order valence-electron chi connectivity index (χ3n) is 2.64. The van der Waals surface area contributed by atoms with Crippen LogP contribution in [0.2, 0.25) is 0 Å². The maximum atomic E-state index is 13.6. The fraction of sp³-hybridized carbons (Fsp3) is 0.250. The third-order valence-corrected chi connectivity index (χ3v) is 4.19. The zero-order valence-corrected chi connectivity index (χ0v) is 11.3. The Morgan fingerprint density at radius 2 is 2.16 bits per heavy atom. The summed E-state index contributed by atoms with van der Waals surface area (Å²) in [6.07, 6.45) is 3.11. The van der Waals surface area contributed by atoms with Gasteiger partial charge < -0.3 is 4.98 Å². The van der Waals surface area contributed by atoms with Crippen LogP contribution in [0.5, 0.6) is 0 Å². The van der Waals surface area contributed by atoms with E-state index in [2.05, 4.69) is 14.7 Å². The second-order valence-corrected chi connectivity index (χ2v) is 5.93. The van der Waals surface area contributed by atoms with Gasteiger partial charge in [0.1, 0.15) is 16.5 Å². The van der Waals surface area contributed by atoms with Crippen LogP contribution in [0.15, 0.2) is 35.5 Å². The van der Waals surface area contributed by atoms with E-state index in [1.165, 1.54) is 18.3 Å². The minimum Gasteiger partial charge on any atom is -0.347 e. The topological polar surface area (TPSA) is 74.8 Å². The Morgan fingerprint density at radius 3 is 2.79 bits per heavy atom. The van der Waals surface area contributed by atoms with Gasteiger partial charge in [0, 0.05) is 12.4 Å². The maximum absolute atomic E-state index is 13.6. The molecule has 0 bridgehead atoms. The smallest absolute Gasteiger partial charge is 0.244 e. The third kappa shape index (κ3) is 2.99. The summed E-state index contributed by atoms with van der Waals surface area (Å²) in [5.41, 5.74) is 0.674. The Morgan fingerprint density at radius 1 is 1.42 bits per heavy atom. The van der Waals surface area contributed by atoms with Crippen molar-refractivity contribution >= 4 is 10.0 Å². The largest absolute Gasteiger partial charge is 0.347 e. The van der Waals surface area contributed by atoms with Crippen LogP contribution in [0.3, 0.4) is 0 Å². The van der Waals surface area contributed by atoms with Crippen molar-refractivity contribution in [1.29, 1.82) is 0 Å². The van der Waals surface area contributed by atoms with Crippen LogP contribution in [-0.2, 0) is 10.0 Å². The minimum atomic E-state index is -3.92. The molecule has 19 heavy (non-hydrogen) atoms. The molecule has 1 atom stereocenters. The number of hydrogen-bond donors (Lipinski definition) is 2. The molecule has 0 radical (unpaired) electrons. The Balaban J connectivity index is 2.30. The van der Waals surface area contributed by atoms with Gasteiger partial charge in [-0.25, -0.2) is 22.5 Å². The Hall–Kier alpha value is -1.73. The average molecular weight is 283 g/mol. The number of imidazole rings is 1. The highest BCUT2D eigenvalue weighted by Gasteiger charge is 2.22. The molecule has 102 valence electrons. The van der Waals surface area contributed by atoms with Crippen molar-refractivity contribution in [2.24, 2.45) is 0 Å². The van der Waals surface area contributed by atoms with Crippen molar-refractivity contribution in [3.05, 3.63) is 47.8 Å². The summed E-state index contributed by atoms with van der Waals surface area (Å²) < 4.78 is 40.2. The predicted octanol–water partition coefficient (Wildman–Crippen LogP) is 1.90. The van der Waals surface area contributed by atoms with E-state index < -0.39 is 21.9 Å². The number of sulfonamides is 1. The molecule has 1 heterocycles. The van der Waals surface area contributed by atoms with E-state index in [0.29, 0.717) is 11.4 Å². The normalized spacial score (nSPS) is 13.4. The molecule has 0 aliphatic heterocycles. The van der Waals surface area contributed by atoms with Gasteiger partial charge in [0.25, 0.3) is 0 Å². The monoisotopic (exact) mass is 283 g/mol. The quantitative estimate of drug-likeness (QED) is 0.900. The van der Waals surface area contributed by atoms with Crippen LogP contribution >= 0.6 is 0 Å². The number of aromatic amines is 1. The maximum Gasteiger partial charge on any atom is 0.244 e. The number of H-pyrrole nitrogens is 1. The van der Waals surface area contributed by atoms with E-state index >= 15 is 0 Å².